The number of nitrogens with one attached hydrogen (secondary N) is 1. The molecule has 0 unspecified atom stereocenters. The fraction of sp³-hybridized carbons (Fsp3) is 0.125. The summed E-state index contributed by atoms with van der Waals surface area (Å²) in [7, 11) is 1.55. The molecular formula is C16H15BrN2O3. The molecule has 0 fully saturated rings. The van der Waals surface area contributed by atoms with E-state index in [0.29, 0.717) is 16.9 Å². The van der Waals surface area contributed by atoms with Crippen LogP contribution in [0.2, 0.25) is 0 Å². The van der Waals surface area contributed by atoms with E-state index < -0.39 is 12.0 Å². The Balaban J connectivity index is 2.03. The van der Waals surface area contributed by atoms with E-state index in [4.69, 9.17) is 4.74 Å². The third-order valence-corrected chi connectivity index (χ3v) is 3.43. The number of hydrogen-bond acceptors (Lipinski definition) is 4. The smallest absolute Gasteiger partial charge is 0.273 e. The molecule has 0 saturated heterocycles. The molecule has 0 bridgehead atoms. The maximum Gasteiger partial charge on any atom is 0.273 e. The van der Waals surface area contributed by atoms with Crippen LogP contribution in [0.3, 0.4) is 0 Å². The van der Waals surface area contributed by atoms with Gasteiger partial charge in [-0.05, 0) is 23.8 Å². The maximum absolute atomic E-state index is 11.8. The average Bonchev–Trinajstić information content (AvgIpc) is 2.55. The molecule has 0 aliphatic heterocycles. The normalized spacial score (nSPS) is 12.1. The molecule has 0 aliphatic carbocycles. The lowest BCUT2D eigenvalue weighted by atomic mass is 10.1. The third kappa shape index (κ3) is 4.16. The first-order chi connectivity index (χ1) is 10.6. The molecule has 0 aliphatic rings. The Morgan fingerprint density at radius 2 is 2.05 bits per heavy atom. The first-order valence-corrected chi connectivity index (χ1v) is 7.30. The second-order valence-electron chi connectivity index (χ2n) is 4.43. The SMILES string of the molecule is COc1ccc(Br)cc1/C=N\NC(=O)[C@H](O)c1ccccc1. The number of ether oxygens (including phenoxy) is 1. The predicted molar refractivity (Wildman–Crippen MR) is 87.8 cm³/mol. The fourth-order valence-electron chi connectivity index (χ4n) is 1.82. The number of amides is 1. The van der Waals surface area contributed by atoms with E-state index in [9.17, 15) is 9.90 Å². The molecule has 2 rings (SSSR count). The van der Waals surface area contributed by atoms with Gasteiger partial charge in [-0.15, -0.1) is 0 Å². The van der Waals surface area contributed by atoms with E-state index in [1.165, 1.54) is 6.21 Å². The van der Waals surface area contributed by atoms with Gasteiger partial charge in [0.25, 0.3) is 5.91 Å². The summed E-state index contributed by atoms with van der Waals surface area (Å²) in [6, 6.07) is 14.1. The van der Waals surface area contributed by atoms with Crippen molar-refractivity contribution in [1.82, 2.24) is 5.43 Å². The Labute approximate surface area is 136 Å². The molecule has 2 N–H and O–H groups in total. The van der Waals surface area contributed by atoms with Gasteiger partial charge in [-0.2, -0.15) is 5.10 Å². The van der Waals surface area contributed by atoms with Crippen molar-refractivity contribution in [3.63, 3.8) is 0 Å². The van der Waals surface area contributed by atoms with Crippen LogP contribution < -0.4 is 10.2 Å². The van der Waals surface area contributed by atoms with Crippen LogP contribution in [0.25, 0.3) is 0 Å². The molecule has 6 heteroatoms. The number of nitrogens with zero attached hydrogens (tertiary/aromatic N) is 1. The van der Waals surface area contributed by atoms with Crippen molar-refractivity contribution in [1.29, 1.82) is 0 Å². The predicted octanol–water partition coefficient (Wildman–Crippen LogP) is 2.64. The van der Waals surface area contributed by atoms with Gasteiger partial charge in [-0.25, -0.2) is 5.43 Å². The summed E-state index contributed by atoms with van der Waals surface area (Å²) < 4.78 is 6.07. The number of methoxy groups -OCH3 is 1. The van der Waals surface area contributed by atoms with Crippen molar-refractivity contribution in [2.75, 3.05) is 7.11 Å². The van der Waals surface area contributed by atoms with Crippen molar-refractivity contribution in [3.8, 4) is 5.75 Å². The molecule has 0 radical (unpaired) electrons. The van der Waals surface area contributed by atoms with Crippen LogP contribution in [0.5, 0.6) is 5.75 Å². The molecule has 2 aromatic carbocycles. The third-order valence-electron chi connectivity index (χ3n) is 2.93. The molecule has 0 heterocycles. The average molecular weight is 363 g/mol. The standard InChI is InChI=1S/C16H15BrN2O3/c1-22-14-8-7-13(17)9-12(14)10-18-19-16(21)15(20)11-5-3-2-4-6-11/h2-10,15,20H,1H3,(H,19,21)/b18-10-/t15-/m1/s1. The van der Waals surface area contributed by atoms with Gasteiger partial charge in [-0.3, -0.25) is 4.79 Å². The molecule has 2 aromatic rings. The van der Waals surface area contributed by atoms with Crippen LogP contribution in [-0.2, 0) is 4.79 Å². The first kappa shape index (κ1) is 16.2. The van der Waals surface area contributed by atoms with Gasteiger partial charge >= 0.3 is 0 Å². The lowest BCUT2D eigenvalue weighted by Gasteiger charge is -2.09. The summed E-state index contributed by atoms with van der Waals surface area (Å²) in [5.74, 6) is 0.0289. The number of hydrazone groups is 1. The molecule has 5 nitrogen and oxygen atoms in total. The van der Waals surface area contributed by atoms with E-state index in [0.717, 1.165) is 4.47 Å². The van der Waals surface area contributed by atoms with Crippen molar-refractivity contribution >= 4 is 28.1 Å². The van der Waals surface area contributed by atoms with E-state index >= 15 is 0 Å². The Kier molecular flexibility index (Phi) is 5.68. The second kappa shape index (κ2) is 7.72. The Morgan fingerprint density at radius 1 is 1.32 bits per heavy atom. The van der Waals surface area contributed by atoms with Gasteiger partial charge in [-0.1, -0.05) is 46.3 Å². The largest absolute Gasteiger partial charge is 0.496 e. The topological polar surface area (TPSA) is 70.9 Å². The number of aliphatic hydroxyl groups excluding tert-OH is 1. The zero-order valence-electron chi connectivity index (χ0n) is 11.9. The summed E-state index contributed by atoms with van der Waals surface area (Å²) in [4.78, 5) is 11.8. The van der Waals surface area contributed by atoms with Crippen LogP contribution >= 0.6 is 15.9 Å². The minimum Gasteiger partial charge on any atom is -0.496 e. The number of halogens is 1. The van der Waals surface area contributed by atoms with Crippen LogP contribution in [-0.4, -0.2) is 24.3 Å². The molecular weight excluding hydrogens is 348 g/mol. The van der Waals surface area contributed by atoms with Gasteiger partial charge in [0.1, 0.15) is 5.75 Å². The van der Waals surface area contributed by atoms with Gasteiger partial charge < -0.3 is 9.84 Å². The van der Waals surface area contributed by atoms with Crippen molar-refractivity contribution < 1.29 is 14.6 Å². The van der Waals surface area contributed by atoms with Crippen LogP contribution in [0.15, 0.2) is 58.1 Å². The Bertz CT molecular complexity index is 674. The zero-order valence-corrected chi connectivity index (χ0v) is 13.4. The molecule has 22 heavy (non-hydrogen) atoms. The monoisotopic (exact) mass is 362 g/mol. The van der Waals surface area contributed by atoms with E-state index in [1.807, 2.05) is 18.2 Å². The summed E-state index contributed by atoms with van der Waals surface area (Å²) in [5.41, 5.74) is 3.52. The highest BCUT2D eigenvalue weighted by Crippen LogP contribution is 2.21. The van der Waals surface area contributed by atoms with Crippen LogP contribution in [0.1, 0.15) is 17.2 Å². The van der Waals surface area contributed by atoms with Gasteiger partial charge in [0.15, 0.2) is 6.10 Å². The lowest BCUT2D eigenvalue weighted by molar-refractivity contribution is -0.129. The quantitative estimate of drug-likeness (QED) is 0.634. The van der Waals surface area contributed by atoms with Gasteiger partial charge in [0.2, 0.25) is 0 Å². The van der Waals surface area contributed by atoms with Crippen molar-refractivity contribution in [3.05, 3.63) is 64.1 Å². The zero-order chi connectivity index (χ0) is 15.9. The Hall–Kier alpha value is -2.18. The second-order valence-corrected chi connectivity index (χ2v) is 5.35. The van der Waals surface area contributed by atoms with E-state index in [-0.39, 0.29) is 0 Å². The van der Waals surface area contributed by atoms with E-state index in [2.05, 4.69) is 26.5 Å². The first-order valence-electron chi connectivity index (χ1n) is 6.51. The number of aliphatic hydroxyl groups is 1. The molecule has 0 spiro atoms. The van der Waals surface area contributed by atoms with Gasteiger partial charge in [0, 0.05) is 10.0 Å². The number of hydrogen-bond donors (Lipinski definition) is 2. The number of carbonyl (C=O) groups excluding carboxylic acids is 1. The molecule has 1 amide bonds. The highest BCUT2D eigenvalue weighted by Gasteiger charge is 2.16. The van der Waals surface area contributed by atoms with E-state index in [1.54, 1.807) is 37.4 Å². The van der Waals surface area contributed by atoms with Crippen LogP contribution in [0.4, 0.5) is 0 Å². The summed E-state index contributed by atoms with van der Waals surface area (Å²) in [5, 5.41) is 13.8. The van der Waals surface area contributed by atoms with Crippen molar-refractivity contribution in [2.45, 2.75) is 6.10 Å². The van der Waals surface area contributed by atoms with Crippen molar-refractivity contribution in [2.24, 2.45) is 5.10 Å². The number of carbonyl (C=O) groups is 1. The molecule has 0 aromatic heterocycles. The minimum absolute atomic E-state index is 0.509. The number of benzene rings is 2. The minimum atomic E-state index is -1.26. The highest BCUT2D eigenvalue weighted by atomic mass is 79.9. The Morgan fingerprint density at radius 3 is 2.73 bits per heavy atom. The van der Waals surface area contributed by atoms with Gasteiger partial charge in [0.05, 0.1) is 13.3 Å². The number of rotatable bonds is 5. The van der Waals surface area contributed by atoms with Crippen LogP contribution in [0, 0.1) is 0 Å². The maximum atomic E-state index is 11.8. The fourth-order valence-corrected chi connectivity index (χ4v) is 2.20. The lowest BCUT2D eigenvalue weighted by Crippen LogP contribution is -2.25. The highest BCUT2D eigenvalue weighted by molar-refractivity contribution is 9.10. The molecule has 114 valence electrons. The molecule has 0 saturated carbocycles. The molecule has 1 atom stereocenters. The summed E-state index contributed by atoms with van der Waals surface area (Å²) >= 11 is 3.36. The summed E-state index contributed by atoms with van der Waals surface area (Å²) in [6.45, 7) is 0. The summed E-state index contributed by atoms with van der Waals surface area (Å²) in [6.07, 6.45) is 0.196.